The van der Waals surface area contributed by atoms with Gasteiger partial charge in [-0.05, 0) is 68.7 Å². The molecule has 2 aromatic carbocycles. The molecular weight excluding hydrogens is 468 g/mol. The van der Waals surface area contributed by atoms with Gasteiger partial charge in [0.15, 0.2) is 0 Å². The van der Waals surface area contributed by atoms with Crippen molar-refractivity contribution in [2.75, 3.05) is 0 Å². The minimum atomic E-state index is -0.879. The number of aliphatic hydroxyl groups excluding tert-OH is 2. The van der Waals surface area contributed by atoms with E-state index in [0.717, 1.165) is 19.3 Å². The first-order valence-corrected chi connectivity index (χ1v) is 13.2. The molecule has 0 aliphatic rings. The Kier molecular flexibility index (Phi) is 19.5. The molecule has 6 heteroatoms. The fourth-order valence-electron chi connectivity index (χ4n) is 3.79. The smallest absolute Gasteiger partial charge is 0.335 e. The summed E-state index contributed by atoms with van der Waals surface area (Å²) in [5, 5.41) is 36.4. The summed E-state index contributed by atoms with van der Waals surface area (Å²) >= 11 is 0. The lowest BCUT2D eigenvalue weighted by atomic mass is 9.83. The van der Waals surface area contributed by atoms with Crippen molar-refractivity contribution < 1.29 is 30.0 Å². The zero-order valence-corrected chi connectivity index (χ0v) is 22.8. The van der Waals surface area contributed by atoms with E-state index in [2.05, 4.69) is 32.9 Å². The number of aliphatic hydroxyl groups is 2. The fraction of sp³-hybridized carbons (Fsp3) is 0.484. The molecule has 0 heterocycles. The highest BCUT2D eigenvalue weighted by molar-refractivity contribution is 5.87. The molecule has 0 bridgehead atoms. The van der Waals surface area contributed by atoms with Crippen molar-refractivity contribution in [1.29, 1.82) is 0 Å². The SMILES string of the molecule is CCCCCC=CC(C)C(CCC)C(O)CC(C)O.O=C(O)c1ccccc1.O=C(O)c1ccccc1. The van der Waals surface area contributed by atoms with Gasteiger partial charge in [0.1, 0.15) is 0 Å². The molecule has 2 aromatic rings. The van der Waals surface area contributed by atoms with E-state index in [-0.39, 0.29) is 5.92 Å². The van der Waals surface area contributed by atoms with Crippen LogP contribution >= 0.6 is 0 Å². The standard InChI is InChI=1S/C17H34O2.2C7H6O2/c1-5-7-8-9-10-12-14(3)16(11-6-2)17(19)13-15(4)18;2*8-7(9)6-4-2-1-3-5-6/h10,12,14-19H,5-9,11,13H2,1-4H3;2*1-5H,(H,8,9). The topological polar surface area (TPSA) is 115 Å². The lowest BCUT2D eigenvalue weighted by molar-refractivity contribution is 0.0343. The van der Waals surface area contributed by atoms with Crippen molar-refractivity contribution in [3.63, 3.8) is 0 Å². The summed E-state index contributed by atoms with van der Waals surface area (Å²) in [6.45, 7) is 8.30. The van der Waals surface area contributed by atoms with Gasteiger partial charge in [0.2, 0.25) is 0 Å². The maximum atomic E-state index is 10.2. The van der Waals surface area contributed by atoms with Gasteiger partial charge < -0.3 is 20.4 Å². The average molecular weight is 515 g/mol. The van der Waals surface area contributed by atoms with Crippen LogP contribution in [0.3, 0.4) is 0 Å². The van der Waals surface area contributed by atoms with Gasteiger partial charge in [0, 0.05) is 0 Å². The molecule has 37 heavy (non-hydrogen) atoms. The van der Waals surface area contributed by atoms with Crippen LogP contribution in [-0.4, -0.2) is 44.6 Å². The van der Waals surface area contributed by atoms with Gasteiger partial charge in [-0.2, -0.15) is 0 Å². The molecule has 6 nitrogen and oxygen atoms in total. The highest BCUT2D eigenvalue weighted by Gasteiger charge is 2.24. The summed E-state index contributed by atoms with van der Waals surface area (Å²) in [6.07, 6.45) is 11.2. The monoisotopic (exact) mass is 514 g/mol. The zero-order chi connectivity index (χ0) is 28.1. The molecule has 0 fully saturated rings. The van der Waals surface area contributed by atoms with Crippen molar-refractivity contribution in [1.82, 2.24) is 0 Å². The van der Waals surface area contributed by atoms with Gasteiger partial charge in [-0.15, -0.1) is 0 Å². The quantitative estimate of drug-likeness (QED) is 0.168. The van der Waals surface area contributed by atoms with Gasteiger partial charge >= 0.3 is 11.9 Å². The molecule has 206 valence electrons. The molecule has 4 atom stereocenters. The van der Waals surface area contributed by atoms with E-state index in [1.54, 1.807) is 67.6 Å². The molecule has 2 rings (SSSR count). The summed E-state index contributed by atoms with van der Waals surface area (Å²) in [4.78, 5) is 20.4. The Hall–Kier alpha value is -2.96. The lowest BCUT2D eigenvalue weighted by Crippen LogP contribution is -2.28. The largest absolute Gasteiger partial charge is 0.478 e. The Labute approximate surface area is 222 Å². The number of carbonyl (C=O) groups is 2. The second-order valence-electron chi connectivity index (χ2n) is 9.23. The number of carboxylic acids is 2. The third kappa shape index (κ3) is 17.2. The number of unbranched alkanes of at least 4 members (excludes halogenated alkanes) is 3. The number of hydrogen-bond donors (Lipinski definition) is 4. The Morgan fingerprint density at radius 2 is 1.27 bits per heavy atom. The number of carboxylic acid groups (broad SMARTS) is 2. The van der Waals surface area contributed by atoms with Gasteiger partial charge in [0.05, 0.1) is 23.3 Å². The van der Waals surface area contributed by atoms with Crippen molar-refractivity contribution >= 4 is 11.9 Å². The van der Waals surface area contributed by atoms with Crippen molar-refractivity contribution in [2.45, 2.75) is 84.8 Å². The Morgan fingerprint density at radius 3 is 1.62 bits per heavy atom. The normalized spacial score (nSPS) is 13.8. The first-order valence-electron chi connectivity index (χ1n) is 13.2. The number of benzene rings is 2. The van der Waals surface area contributed by atoms with Crippen LogP contribution < -0.4 is 0 Å². The third-order valence-corrected chi connectivity index (χ3v) is 5.83. The average Bonchev–Trinajstić information content (AvgIpc) is 2.88. The molecular formula is C31H46O6. The fourth-order valence-corrected chi connectivity index (χ4v) is 3.79. The maximum Gasteiger partial charge on any atom is 0.335 e. The number of rotatable bonds is 13. The molecule has 4 N–H and O–H groups in total. The second kappa shape index (κ2) is 21.2. The molecule has 0 amide bonds. The van der Waals surface area contributed by atoms with Crippen LogP contribution in [0.2, 0.25) is 0 Å². The van der Waals surface area contributed by atoms with Gasteiger partial charge in [-0.25, -0.2) is 9.59 Å². The van der Waals surface area contributed by atoms with Crippen LogP contribution in [0.25, 0.3) is 0 Å². The summed E-state index contributed by atoms with van der Waals surface area (Å²) in [5.74, 6) is -1.11. The van der Waals surface area contributed by atoms with Crippen LogP contribution in [0, 0.1) is 11.8 Å². The molecule has 4 unspecified atom stereocenters. The Balaban J connectivity index is 0.000000591. The molecule has 0 aromatic heterocycles. The van der Waals surface area contributed by atoms with Crippen molar-refractivity contribution in [3.8, 4) is 0 Å². The van der Waals surface area contributed by atoms with Crippen LogP contribution in [0.4, 0.5) is 0 Å². The van der Waals surface area contributed by atoms with Gasteiger partial charge in [-0.3, -0.25) is 0 Å². The zero-order valence-electron chi connectivity index (χ0n) is 22.8. The summed E-state index contributed by atoms with van der Waals surface area (Å²) in [5.41, 5.74) is 0.662. The number of hydrogen-bond acceptors (Lipinski definition) is 4. The molecule has 0 spiro atoms. The molecule has 0 aliphatic heterocycles. The molecule has 0 aliphatic carbocycles. The summed E-state index contributed by atoms with van der Waals surface area (Å²) in [6, 6.07) is 16.6. The molecule has 0 saturated carbocycles. The van der Waals surface area contributed by atoms with Gasteiger partial charge in [0.25, 0.3) is 0 Å². The van der Waals surface area contributed by atoms with Crippen LogP contribution in [0.15, 0.2) is 72.8 Å². The first kappa shape index (κ1) is 34.0. The Bertz CT molecular complexity index is 814. The van der Waals surface area contributed by atoms with Crippen LogP contribution in [-0.2, 0) is 0 Å². The van der Waals surface area contributed by atoms with E-state index in [9.17, 15) is 19.8 Å². The second-order valence-corrected chi connectivity index (χ2v) is 9.23. The van der Waals surface area contributed by atoms with E-state index >= 15 is 0 Å². The molecule has 0 saturated heterocycles. The minimum absolute atomic E-state index is 0.266. The number of allylic oxidation sites excluding steroid dienone is 2. The minimum Gasteiger partial charge on any atom is -0.478 e. The highest BCUT2D eigenvalue weighted by Crippen LogP contribution is 2.25. The van der Waals surface area contributed by atoms with Crippen LogP contribution in [0.5, 0.6) is 0 Å². The third-order valence-electron chi connectivity index (χ3n) is 5.83. The van der Waals surface area contributed by atoms with E-state index in [1.807, 2.05) is 0 Å². The summed E-state index contributed by atoms with van der Waals surface area (Å²) < 4.78 is 0. The highest BCUT2D eigenvalue weighted by atomic mass is 16.4. The molecule has 0 radical (unpaired) electrons. The first-order chi connectivity index (χ1) is 17.6. The number of aromatic carboxylic acids is 2. The van der Waals surface area contributed by atoms with E-state index in [1.165, 1.54) is 19.3 Å². The predicted octanol–water partition coefficient (Wildman–Crippen LogP) is 7.08. The Morgan fingerprint density at radius 1 is 0.784 bits per heavy atom. The lowest BCUT2D eigenvalue weighted by Gasteiger charge is -2.27. The van der Waals surface area contributed by atoms with Crippen LogP contribution in [0.1, 0.15) is 93.4 Å². The van der Waals surface area contributed by atoms with E-state index in [4.69, 9.17) is 10.2 Å². The predicted molar refractivity (Wildman–Crippen MR) is 150 cm³/mol. The van der Waals surface area contributed by atoms with Crippen molar-refractivity contribution in [3.05, 3.63) is 83.9 Å². The van der Waals surface area contributed by atoms with E-state index in [0.29, 0.717) is 23.5 Å². The summed E-state index contributed by atoms with van der Waals surface area (Å²) in [7, 11) is 0. The van der Waals surface area contributed by atoms with E-state index < -0.39 is 24.1 Å². The maximum absolute atomic E-state index is 10.2. The van der Waals surface area contributed by atoms with Crippen molar-refractivity contribution in [2.24, 2.45) is 11.8 Å². The van der Waals surface area contributed by atoms with Gasteiger partial charge in [-0.1, -0.05) is 88.6 Å².